The summed E-state index contributed by atoms with van der Waals surface area (Å²) in [6, 6.07) is 8.29. The van der Waals surface area contributed by atoms with Crippen molar-refractivity contribution in [2.45, 2.75) is 6.04 Å². The number of nitrogens with one attached hydrogen (secondary N) is 1. The van der Waals surface area contributed by atoms with Gasteiger partial charge >= 0.3 is 6.03 Å². The van der Waals surface area contributed by atoms with E-state index in [1.807, 2.05) is 35.2 Å². The minimum atomic E-state index is -0.594. The maximum Gasteiger partial charge on any atom is 0.325 e. The van der Waals surface area contributed by atoms with Crippen molar-refractivity contribution in [2.24, 2.45) is 0 Å². The van der Waals surface area contributed by atoms with Gasteiger partial charge in [-0.3, -0.25) is 14.6 Å². The summed E-state index contributed by atoms with van der Waals surface area (Å²) in [6.45, 7) is 2.27. The summed E-state index contributed by atoms with van der Waals surface area (Å²) in [4.78, 5) is 27.7. The Hall–Kier alpha value is -1.30. The van der Waals surface area contributed by atoms with Gasteiger partial charge in [-0.1, -0.05) is 30.3 Å². The van der Waals surface area contributed by atoms with E-state index in [0.29, 0.717) is 37.9 Å². The first kappa shape index (κ1) is 17.1. The maximum atomic E-state index is 12.4. The lowest BCUT2D eigenvalue weighted by atomic mass is 10.1. The Morgan fingerprint density at radius 1 is 1.05 bits per heavy atom. The van der Waals surface area contributed by atoms with E-state index in [2.05, 4.69) is 5.32 Å². The molecule has 1 fully saturated rings. The van der Waals surface area contributed by atoms with E-state index in [1.165, 1.54) is 4.90 Å². The fourth-order valence-corrected chi connectivity index (χ4v) is 2.90. The summed E-state index contributed by atoms with van der Waals surface area (Å²) in [5, 5.41) is 2.72. The van der Waals surface area contributed by atoms with E-state index in [1.54, 1.807) is 0 Å². The SMILES string of the molecule is O=C1NC(c2ccccc2)C(=O)N1CCN(CCCl)CCCl. The van der Waals surface area contributed by atoms with Crippen LogP contribution in [0.3, 0.4) is 0 Å². The Morgan fingerprint density at radius 2 is 1.68 bits per heavy atom. The van der Waals surface area contributed by atoms with Gasteiger partial charge in [0.25, 0.3) is 5.91 Å². The summed E-state index contributed by atoms with van der Waals surface area (Å²) in [5.41, 5.74) is 0.793. The van der Waals surface area contributed by atoms with E-state index in [4.69, 9.17) is 23.2 Å². The van der Waals surface area contributed by atoms with Crippen LogP contribution in [0.2, 0.25) is 0 Å². The van der Waals surface area contributed by atoms with E-state index in [9.17, 15) is 9.59 Å². The fraction of sp³-hybridized carbons (Fsp3) is 0.467. The maximum absolute atomic E-state index is 12.4. The molecule has 1 unspecified atom stereocenters. The van der Waals surface area contributed by atoms with Crippen LogP contribution in [-0.4, -0.2) is 59.7 Å². The summed E-state index contributed by atoms with van der Waals surface area (Å²) in [6.07, 6.45) is 0. The van der Waals surface area contributed by atoms with Gasteiger partial charge in [0, 0.05) is 37.9 Å². The van der Waals surface area contributed by atoms with Crippen molar-refractivity contribution in [1.82, 2.24) is 15.1 Å². The lowest BCUT2D eigenvalue weighted by molar-refractivity contribution is -0.127. The molecule has 0 radical (unpaired) electrons. The van der Waals surface area contributed by atoms with Gasteiger partial charge in [-0.2, -0.15) is 0 Å². The quantitative estimate of drug-likeness (QED) is 0.580. The zero-order valence-electron chi connectivity index (χ0n) is 12.2. The second-order valence-corrected chi connectivity index (χ2v) is 5.76. The molecule has 2 rings (SSSR count). The number of imide groups is 1. The first-order valence-corrected chi connectivity index (χ1v) is 8.25. The van der Waals surface area contributed by atoms with Crippen LogP contribution in [-0.2, 0) is 4.79 Å². The molecule has 1 aliphatic heterocycles. The largest absolute Gasteiger partial charge is 0.325 e. The monoisotopic (exact) mass is 343 g/mol. The number of hydrogen-bond acceptors (Lipinski definition) is 3. The van der Waals surface area contributed by atoms with Gasteiger partial charge in [-0.05, 0) is 5.56 Å². The van der Waals surface area contributed by atoms with Gasteiger partial charge < -0.3 is 5.32 Å². The van der Waals surface area contributed by atoms with E-state index in [-0.39, 0.29) is 11.9 Å². The average molecular weight is 344 g/mol. The molecule has 1 saturated heterocycles. The van der Waals surface area contributed by atoms with Crippen LogP contribution in [0.25, 0.3) is 0 Å². The Labute approximate surface area is 140 Å². The van der Waals surface area contributed by atoms with Gasteiger partial charge in [0.1, 0.15) is 6.04 Å². The average Bonchev–Trinajstić information content (AvgIpc) is 2.81. The number of hydrogen-bond donors (Lipinski definition) is 1. The van der Waals surface area contributed by atoms with Crippen molar-refractivity contribution in [3.8, 4) is 0 Å². The summed E-state index contributed by atoms with van der Waals surface area (Å²) < 4.78 is 0. The molecule has 1 aromatic carbocycles. The number of urea groups is 1. The molecule has 0 aromatic heterocycles. The number of benzene rings is 1. The minimum Gasteiger partial charge on any atom is -0.322 e. The highest BCUT2D eigenvalue weighted by atomic mass is 35.5. The van der Waals surface area contributed by atoms with Gasteiger partial charge in [0.05, 0.1) is 0 Å². The lowest BCUT2D eigenvalue weighted by Gasteiger charge is -2.22. The zero-order chi connectivity index (χ0) is 15.9. The molecule has 1 aliphatic rings. The smallest absolute Gasteiger partial charge is 0.322 e. The van der Waals surface area contributed by atoms with Crippen LogP contribution in [0.15, 0.2) is 30.3 Å². The highest BCUT2D eigenvalue weighted by Crippen LogP contribution is 2.21. The van der Waals surface area contributed by atoms with Crippen LogP contribution in [0.5, 0.6) is 0 Å². The Bertz CT molecular complexity index is 507. The van der Waals surface area contributed by atoms with Crippen molar-refractivity contribution < 1.29 is 9.59 Å². The number of rotatable bonds is 8. The van der Waals surface area contributed by atoms with Crippen LogP contribution in [0.1, 0.15) is 11.6 Å². The third-order valence-corrected chi connectivity index (χ3v) is 3.94. The van der Waals surface area contributed by atoms with E-state index >= 15 is 0 Å². The number of amides is 3. The van der Waals surface area contributed by atoms with Crippen LogP contribution in [0.4, 0.5) is 4.79 Å². The van der Waals surface area contributed by atoms with Gasteiger partial charge in [-0.15, -0.1) is 23.2 Å². The van der Waals surface area contributed by atoms with Crippen LogP contribution >= 0.6 is 23.2 Å². The molecule has 1 heterocycles. The number of carbonyl (C=O) groups excluding carboxylic acids is 2. The number of carbonyl (C=O) groups is 2. The predicted octanol–water partition coefficient (Wildman–Crippen LogP) is 2.06. The lowest BCUT2D eigenvalue weighted by Crippen LogP contribution is -2.40. The predicted molar refractivity (Wildman–Crippen MR) is 87.3 cm³/mol. The summed E-state index contributed by atoms with van der Waals surface area (Å²) in [5.74, 6) is 0.765. The van der Waals surface area contributed by atoms with Crippen molar-refractivity contribution in [2.75, 3.05) is 37.9 Å². The first-order chi connectivity index (χ1) is 10.7. The minimum absolute atomic E-state index is 0.215. The number of halogens is 2. The summed E-state index contributed by atoms with van der Waals surface area (Å²) in [7, 11) is 0. The molecule has 7 heteroatoms. The Balaban J connectivity index is 1.97. The van der Waals surface area contributed by atoms with Crippen LogP contribution < -0.4 is 5.32 Å². The molecular formula is C15H19Cl2N3O2. The van der Waals surface area contributed by atoms with Crippen molar-refractivity contribution in [3.05, 3.63) is 35.9 Å². The Morgan fingerprint density at radius 3 is 2.27 bits per heavy atom. The van der Waals surface area contributed by atoms with E-state index < -0.39 is 6.04 Å². The highest BCUT2D eigenvalue weighted by molar-refractivity contribution is 6.18. The number of nitrogens with zero attached hydrogens (tertiary/aromatic N) is 2. The van der Waals surface area contributed by atoms with Gasteiger partial charge in [0.15, 0.2) is 0 Å². The molecule has 1 atom stereocenters. The van der Waals surface area contributed by atoms with Crippen LogP contribution in [0, 0.1) is 0 Å². The third-order valence-electron chi connectivity index (χ3n) is 3.60. The molecule has 0 bridgehead atoms. The molecular weight excluding hydrogens is 325 g/mol. The van der Waals surface area contributed by atoms with Gasteiger partial charge in [-0.25, -0.2) is 4.79 Å². The highest BCUT2D eigenvalue weighted by Gasteiger charge is 2.38. The molecule has 5 nitrogen and oxygen atoms in total. The fourth-order valence-electron chi connectivity index (χ4n) is 2.42. The molecule has 0 spiro atoms. The van der Waals surface area contributed by atoms with Gasteiger partial charge in [0.2, 0.25) is 0 Å². The summed E-state index contributed by atoms with van der Waals surface area (Å²) >= 11 is 11.5. The topological polar surface area (TPSA) is 52.7 Å². The second-order valence-electron chi connectivity index (χ2n) is 5.00. The molecule has 1 aromatic rings. The molecule has 22 heavy (non-hydrogen) atoms. The molecule has 0 aliphatic carbocycles. The molecule has 3 amide bonds. The van der Waals surface area contributed by atoms with Crippen molar-refractivity contribution in [1.29, 1.82) is 0 Å². The second kappa shape index (κ2) is 8.36. The zero-order valence-corrected chi connectivity index (χ0v) is 13.7. The standard InChI is InChI=1S/C15H19Cl2N3O2/c16-6-8-19(9-7-17)10-11-20-14(21)13(18-15(20)22)12-4-2-1-3-5-12/h1-5,13H,6-11H2,(H,18,22). The third kappa shape index (κ3) is 4.12. The molecule has 0 saturated carbocycles. The molecule has 1 N–H and O–H groups in total. The Kier molecular flexibility index (Phi) is 6.49. The first-order valence-electron chi connectivity index (χ1n) is 7.18. The number of alkyl halides is 2. The van der Waals surface area contributed by atoms with E-state index in [0.717, 1.165) is 5.56 Å². The van der Waals surface area contributed by atoms with Crippen molar-refractivity contribution in [3.63, 3.8) is 0 Å². The normalized spacial score (nSPS) is 18.1. The van der Waals surface area contributed by atoms with Crippen molar-refractivity contribution >= 4 is 35.1 Å². The molecule has 120 valence electrons.